The Morgan fingerprint density at radius 1 is 1.52 bits per heavy atom. The molecule has 1 heterocycles. The third-order valence-electron chi connectivity index (χ3n) is 2.64. The van der Waals surface area contributed by atoms with Crippen molar-refractivity contribution < 1.29 is 14.1 Å². The van der Waals surface area contributed by atoms with Crippen LogP contribution in [0.25, 0.3) is 0 Å². The largest absolute Gasteiger partial charge is 0.392 e. The molecule has 0 fully saturated rings. The van der Waals surface area contributed by atoms with E-state index in [0.29, 0.717) is 0 Å². The smallest absolute Gasteiger partial charge is 0.293 e. The van der Waals surface area contributed by atoms with Gasteiger partial charge in [-0.2, -0.15) is 0 Å². The van der Waals surface area contributed by atoms with E-state index in [1.165, 1.54) is 11.3 Å². The molecule has 21 heavy (non-hydrogen) atoms. The van der Waals surface area contributed by atoms with Crippen LogP contribution in [0.1, 0.15) is 15.2 Å². The minimum atomic E-state index is -0.900. The first-order chi connectivity index (χ1) is 9.90. The normalized spacial score (nSPS) is 10.4. The third-order valence-corrected chi connectivity index (χ3v) is 4.34. The molecule has 0 unspecified atom stereocenters. The predicted octanol–water partition coefficient (Wildman–Crippen LogP) is 3.07. The molecular formula is C12H9BrFN3O3S. The standard InChI is InChI=1S/C12H9BrFN3O3S/c13-6-3-7(21-5-6)4-16-12(18)10-8(14)1-2-9(11(10)15)17(19)20/h1-3,5H,4,15H2,(H,16,18). The highest BCUT2D eigenvalue weighted by molar-refractivity contribution is 9.10. The van der Waals surface area contributed by atoms with Gasteiger partial charge in [0.25, 0.3) is 11.6 Å². The number of rotatable bonds is 4. The minimum Gasteiger partial charge on any atom is -0.392 e. The number of nitro benzene ring substituents is 1. The van der Waals surface area contributed by atoms with Crippen molar-refractivity contribution in [3.63, 3.8) is 0 Å². The first-order valence-electron chi connectivity index (χ1n) is 5.63. The molecule has 0 spiro atoms. The van der Waals surface area contributed by atoms with Gasteiger partial charge >= 0.3 is 0 Å². The number of hydrogen-bond donors (Lipinski definition) is 2. The van der Waals surface area contributed by atoms with Crippen LogP contribution in [0.15, 0.2) is 28.1 Å². The van der Waals surface area contributed by atoms with Gasteiger partial charge in [0, 0.05) is 20.8 Å². The second kappa shape index (κ2) is 6.19. The summed E-state index contributed by atoms with van der Waals surface area (Å²) in [5.41, 5.74) is 4.02. The van der Waals surface area contributed by atoms with E-state index in [1.807, 2.05) is 5.38 Å². The molecule has 2 rings (SSSR count). The summed E-state index contributed by atoms with van der Waals surface area (Å²) in [4.78, 5) is 22.8. The summed E-state index contributed by atoms with van der Waals surface area (Å²) in [6.07, 6.45) is 0. The number of carbonyl (C=O) groups excluding carboxylic acids is 1. The molecule has 1 aromatic heterocycles. The van der Waals surface area contributed by atoms with Gasteiger partial charge in [-0.05, 0) is 28.1 Å². The quantitative estimate of drug-likeness (QED) is 0.488. The molecular weight excluding hydrogens is 365 g/mol. The number of nitro groups is 1. The van der Waals surface area contributed by atoms with Gasteiger partial charge in [-0.3, -0.25) is 14.9 Å². The van der Waals surface area contributed by atoms with Crippen molar-refractivity contribution in [2.24, 2.45) is 0 Å². The van der Waals surface area contributed by atoms with E-state index in [1.54, 1.807) is 6.07 Å². The van der Waals surface area contributed by atoms with E-state index in [-0.39, 0.29) is 6.54 Å². The van der Waals surface area contributed by atoms with Gasteiger partial charge in [0.2, 0.25) is 0 Å². The van der Waals surface area contributed by atoms with Crippen LogP contribution >= 0.6 is 27.3 Å². The van der Waals surface area contributed by atoms with E-state index in [2.05, 4.69) is 21.2 Å². The Balaban J connectivity index is 2.22. The molecule has 6 nitrogen and oxygen atoms in total. The molecule has 3 N–H and O–H groups in total. The molecule has 0 bridgehead atoms. The lowest BCUT2D eigenvalue weighted by molar-refractivity contribution is -0.384. The van der Waals surface area contributed by atoms with Gasteiger partial charge in [0.15, 0.2) is 0 Å². The fourth-order valence-electron chi connectivity index (χ4n) is 1.67. The van der Waals surface area contributed by atoms with E-state index in [4.69, 9.17) is 5.73 Å². The molecule has 0 saturated heterocycles. The molecule has 9 heteroatoms. The molecule has 1 amide bonds. The van der Waals surface area contributed by atoms with Crippen LogP contribution in [-0.2, 0) is 6.54 Å². The van der Waals surface area contributed by atoms with Crippen molar-refractivity contribution in [3.05, 3.63) is 54.4 Å². The maximum Gasteiger partial charge on any atom is 0.293 e. The Kier molecular flexibility index (Phi) is 4.53. The van der Waals surface area contributed by atoms with Gasteiger partial charge in [-0.25, -0.2) is 4.39 Å². The van der Waals surface area contributed by atoms with Gasteiger partial charge in [0.1, 0.15) is 17.1 Å². The maximum absolute atomic E-state index is 13.7. The highest BCUT2D eigenvalue weighted by atomic mass is 79.9. The number of benzene rings is 1. The predicted molar refractivity (Wildman–Crippen MR) is 80.7 cm³/mol. The Labute approximate surface area is 131 Å². The fraction of sp³-hybridized carbons (Fsp3) is 0.0833. The lowest BCUT2D eigenvalue weighted by Gasteiger charge is -2.08. The lowest BCUT2D eigenvalue weighted by atomic mass is 10.1. The third kappa shape index (κ3) is 3.37. The number of nitrogens with one attached hydrogen (secondary N) is 1. The zero-order valence-corrected chi connectivity index (χ0v) is 12.8. The summed E-state index contributed by atoms with van der Waals surface area (Å²) >= 11 is 4.68. The second-order valence-electron chi connectivity index (χ2n) is 4.03. The summed E-state index contributed by atoms with van der Waals surface area (Å²) in [7, 11) is 0. The highest BCUT2D eigenvalue weighted by Crippen LogP contribution is 2.27. The van der Waals surface area contributed by atoms with Crippen molar-refractivity contribution in [1.29, 1.82) is 0 Å². The van der Waals surface area contributed by atoms with Crippen LogP contribution in [0.5, 0.6) is 0 Å². The first-order valence-corrected chi connectivity index (χ1v) is 7.31. The number of halogens is 2. The average molecular weight is 374 g/mol. The number of anilines is 1. The van der Waals surface area contributed by atoms with E-state index < -0.39 is 33.6 Å². The van der Waals surface area contributed by atoms with Gasteiger partial charge < -0.3 is 11.1 Å². The van der Waals surface area contributed by atoms with E-state index >= 15 is 0 Å². The lowest BCUT2D eigenvalue weighted by Crippen LogP contribution is -2.25. The molecule has 0 aliphatic heterocycles. The topological polar surface area (TPSA) is 98.3 Å². The zero-order chi connectivity index (χ0) is 15.6. The Morgan fingerprint density at radius 2 is 2.24 bits per heavy atom. The van der Waals surface area contributed by atoms with E-state index in [9.17, 15) is 19.3 Å². The fourth-order valence-corrected chi connectivity index (χ4v) is 3.06. The molecule has 0 atom stereocenters. The summed E-state index contributed by atoms with van der Waals surface area (Å²) in [6, 6.07) is 3.58. The van der Waals surface area contributed by atoms with Gasteiger partial charge in [-0.15, -0.1) is 11.3 Å². The Bertz CT molecular complexity index is 720. The van der Waals surface area contributed by atoms with Crippen LogP contribution in [0, 0.1) is 15.9 Å². The Hall–Kier alpha value is -2.00. The number of thiophene rings is 1. The van der Waals surface area contributed by atoms with Crippen molar-refractivity contribution in [2.75, 3.05) is 5.73 Å². The summed E-state index contributed by atoms with van der Waals surface area (Å²) < 4.78 is 14.6. The van der Waals surface area contributed by atoms with Crippen LogP contribution in [0.3, 0.4) is 0 Å². The molecule has 110 valence electrons. The molecule has 0 aliphatic rings. The number of nitrogens with zero attached hydrogens (tertiary/aromatic N) is 1. The molecule has 0 saturated carbocycles. The number of amides is 1. The molecule has 1 aromatic carbocycles. The molecule has 0 radical (unpaired) electrons. The monoisotopic (exact) mass is 373 g/mol. The Morgan fingerprint density at radius 3 is 2.81 bits per heavy atom. The summed E-state index contributed by atoms with van der Waals surface area (Å²) in [6.45, 7) is 0.177. The summed E-state index contributed by atoms with van der Waals surface area (Å²) in [5.74, 6) is -1.69. The van der Waals surface area contributed by atoms with Crippen LogP contribution in [-0.4, -0.2) is 10.8 Å². The molecule has 2 aromatic rings. The van der Waals surface area contributed by atoms with E-state index in [0.717, 1.165) is 21.5 Å². The van der Waals surface area contributed by atoms with Crippen molar-refractivity contribution in [2.45, 2.75) is 6.54 Å². The van der Waals surface area contributed by atoms with Gasteiger partial charge in [0.05, 0.1) is 11.5 Å². The first kappa shape index (κ1) is 15.4. The highest BCUT2D eigenvalue weighted by Gasteiger charge is 2.23. The number of nitrogens with two attached hydrogens (primary N) is 1. The zero-order valence-electron chi connectivity index (χ0n) is 10.4. The van der Waals surface area contributed by atoms with Crippen LogP contribution in [0.2, 0.25) is 0 Å². The average Bonchev–Trinajstić information content (AvgIpc) is 2.82. The minimum absolute atomic E-state index is 0.177. The van der Waals surface area contributed by atoms with Crippen molar-refractivity contribution in [1.82, 2.24) is 5.32 Å². The van der Waals surface area contributed by atoms with Crippen molar-refractivity contribution >= 4 is 44.5 Å². The number of nitrogen functional groups attached to an aromatic ring is 1. The molecule has 0 aliphatic carbocycles. The maximum atomic E-state index is 13.7. The van der Waals surface area contributed by atoms with Crippen molar-refractivity contribution in [3.8, 4) is 0 Å². The van der Waals surface area contributed by atoms with Gasteiger partial charge in [-0.1, -0.05) is 0 Å². The van der Waals surface area contributed by atoms with Crippen LogP contribution < -0.4 is 11.1 Å². The number of carbonyl (C=O) groups is 1. The number of hydrogen-bond acceptors (Lipinski definition) is 5. The summed E-state index contributed by atoms with van der Waals surface area (Å²) in [5, 5.41) is 15.1. The SMILES string of the molecule is Nc1c([N+](=O)[O-])ccc(F)c1C(=O)NCc1cc(Br)cs1. The van der Waals surface area contributed by atoms with Crippen LogP contribution in [0.4, 0.5) is 15.8 Å². The second-order valence-corrected chi connectivity index (χ2v) is 5.94.